The molecule has 5 heteroatoms. The van der Waals surface area contributed by atoms with Crippen LogP contribution in [0.3, 0.4) is 0 Å². The summed E-state index contributed by atoms with van der Waals surface area (Å²) in [5.74, 6) is 2.67. The average Bonchev–Trinajstić information content (AvgIpc) is 1.41. The normalized spacial score (nSPS) is 4.43. The van der Waals surface area contributed by atoms with Crippen molar-refractivity contribution in [1.29, 1.82) is 0 Å². The molecule has 0 heterocycles. The standard InChI is InChI=1S/C2H4O2.Au.H3NO/c1-2(3)4;;1-2/h1H3,(H,3,4);;2H,1H2. The van der Waals surface area contributed by atoms with E-state index in [-0.39, 0.29) is 22.4 Å². The van der Waals surface area contributed by atoms with E-state index >= 15 is 0 Å². The van der Waals surface area contributed by atoms with Gasteiger partial charge in [0, 0.05) is 29.3 Å². The van der Waals surface area contributed by atoms with E-state index in [1.165, 1.54) is 0 Å². The number of carboxylic acid groups (broad SMARTS) is 1. The van der Waals surface area contributed by atoms with Crippen molar-refractivity contribution in [3.05, 3.63) is 0 Å². The van der Waals surface area contributed by atoms with Crippen LogP contribution in [0.15, 0.2) is 0 Å². The van der Waals surface area contributed by atoms with Crippen LogP contribution < -0.4 is 5.90 Å². The fourth-order valence-corrected chi connectivity index (χ4v) is 0. The van der Waals surface area contributed by atoms with E-state index in [2.05, 4.69) is 5.90 Å². The van der Waals surface area contributed by atoms with Gasteiger partial charge in [-0.2, -0.15) is 0 Å². The maximum Gasteiger partial charge on any atom is 0.300 e. The van der Waals surface area contributed by atoms with Crippen molar-refractivity contribution in [3.8, 4) is 0 Å². The third-order valence-electron chi connectivity index (χ3n) is 0. The Bertz CT molecular complexity index is 35.9. The first-order chi connectivity index (χ1) is 2.73. The van der Waals surface area contributed by atoms with Crippen molar-refractivity contribution in [1.82, 2.24) is 0 Å². The summed E-state index contributed by atoms with van der Waals surface area (Å²) in [6.45, 7) is 1.08. The molecule has 0 saturated carbocycles. The van der Waals surface area contributed by atoms with Crippen LogP contribution in [0.4, 0.5) is 0 Å². The van der Waals surface area contributed by atoms with Gasteiger partial charge in [0.05, 0.1) is 0 Å². The van der Waals surface area contributed by atoms with Crippen LogP contribution in [0.1, 0.15) is 6.92 Å². The first-order valence-electron chi connectivity index (χ1n) is 1.19. The van der Waals surface area contributed by atoms with E-state index in [0.717, 1.165) is 6.92 Å². The van der Waals surface area contributed by atoms with Crippen LogP contribution in [-0.4, -0.2) is 16.3 Å². The molecule has 1 radical (unpaired) electrons. The smallest absolute Gasteiger partial charge is 0.300 e. The second kappa shape index (κ2) is 16.5. The first-order valence-corrected chi connectivity index (χ1v) is 1.19. The molecule has 7 heavy (non-hydrogen) atoms. The molecular formula is C2H7AuNO3. The SMILES string of the molecule is CC(=O)O.NO.[Au]. The minimum atomic E-state index is -0.833. The van der Waals surface area contributed by atoms with Crippen molar-refractivity contribution in [2.24, 2.45) is 5.90 Å². The Labute approximate surface area is 56.8 Å². The second-order valence-electron chi connectivity index (χ2n) is 0.519. The van der Waals surface area contributed by atoms with E-state index in [4.69, 9.17) is 15.1 Å². The van der Waals surface area contributed by atoms with Gasteiger partial charge in [-0.25, -0.2) is 5.90 Å². The number of carboxylic acids is 1. The molecule has 0 aliphatic rings. The quantitative estimate of drug-likeness (QED) is 0.412. The Morgan fingerprint density at radius 2 is 1.57 bits per heavy atom. The largest absolute Gasteiger partial charge is 0.481 e. The zero-order valence-corrected chi connectivity index (χ0v) is 5.85. The zero-order chi connectivity index (χ0) is 5.58. The summed E-state index contributed by atoms with van der Waals surface area (Å²) in [4.78, 5) is 9.00. The van der Waals surface area contributed by atoms with Crippen molar-refractivity contribution in [2.75, 3.05) is 0 Å². The molecule has 0 saturated heterocycles. The third kappa shape index (κ3) is 6160. The van der Waals surface area contributed by atoms with Crippen LogP contribution in [0, 0.1) is 0 Å². The van der Waals surface area contributed by atoms with Gasteiger partial charge < -0.3 is 10.3 Å². The molecule has 0 aromatic heterocycles. The summed E-state index contributed by atoms with van der Waals surface area (Å²) in [5, 5.41) is 13.9. The molecule has 0 amide bonds. The molecule has 0 rings (SSSR count). The molecule has 49 valence electrons. The van der Waals surface area contributed by atoms with Crippen LogP contribution >= 0.6 is 0 Å². The van der Waals surface area contributed by atoms with Gasteiger partial charge >= 0.3 is 0 Å². The molecule has 4 nitrogen and oxygen atoms in total. The van der Waals surface area contributed by atoms with Gasteiger partial charge in [0.2, 0.25) is 0 Å². The maximum absolute atomic E-state index is 9.00. The number of hydrogen-bond donors (Lipinski definition) is 3. The van der Waals surface area contributed by atoms with Gasteiger partial charge in [-0.05, 0) is 0 Å². The fraction of sp³-hybridized carbons (Fsp3) is 0.500. The number of aliphatic carboxylic acids is 1. The summed E-state index contributed by atoms with van der Waals surface area (Å²) in [6.07, 6.45) is 0. The Morgan fingerprint density at radius 1 is 1.57 bits per heavy atom. The number of carbonyl (C=O) groups is 1. The summed E-state index contributed by atoms with van der Waals surface area (Å²) < 4.78 is 0. The summed E-state index contributed by atoms with van der Waals surface area (Å²) in [7, 11) is 0. The predicted molar refractivity (Wildman–Crippen MR) is 19.3 cm³/mol. The second-order valence-corrected chi connectivity index (χ2v) is 0.519. The molecule has 0 aliphatic carbocycles. The van der Waals surface area contributed by atoms with Crippen molar-refractivity contribution < 1.29 is 37.5 Å². The Kier molecular flexibility index (Phi) is 36.9. The number of rotatable bonds is 0. The molecule has 0 aromatic rings. The summed E-state index contributed by atoms with van der Waals surface area (Å²) >= 11 is 0. The molecular weight excluding hydrogens is 283 g/mol. The number of hydrogen-bond acceptors (Lipinski definition) is 3. The Hall–Kier alpha value is 0.130. The van der Waals surface area contributed by atoms with Gasteiger partial charge in [-0.3, -0.25) is 4.79 Å². The predicted octanol–water partition coefficient (Wildman–Crippen LogP) is -0.577. The molecule has 0 fully saturated rings. The van der Waals surface area contributed by atoms with Crippen LogP contribution in [-0.2, 0) is 27.2 Å². The molecule has 0 bridgehead atoms. The van der Waals surface area contributed by atoms with E-state index in [0.29, 0.717) is 0 Å². The van der Waals surface area contributed by atoms with Crippen LogP contribution in [0.2, 0.25) is 0 Å². The van der Waals surface area contributed by atoms with E-state index in [1.807, 2.05) is 0 Å². The van der Waals surface area contributed by atoms with Crippen molar-refractivity contribution in [3.63, 3.8) is 0 Å². The topological polar surface area (TPSA) is 83.5 Å². The van der Waals surface area contributed by atoms with Crippen molar-refractivity contribution >= 4 is 5.97 Å². The van der Waals surface area contributed by atoms with E-state index in [1.54, 1.807) is 0 Å². The van der Waals surface area contributed by atoms with E-state index in [9.17, 15) is 0 Å². The van der Waals surface area contributed by atoms with Gasteiger partial charge in [-0.15, -0.1) is 0 Å². The Balaban J connectivity index is -0.0000000480. The van der Waals surface area contributed by atoms with Crippen LogP contribution in [0.25, 0.3) is 0 Å². The maximum atomic E-state index is 9.00. The fourth-order valence-electron chi connectivity index (χ4n) is 0. The van der Waals surface area contributed by atoms with Gasteiger partial charge in [0.25, 0.3) is 5.97 Å². The first kappa shape index (κ1) is 15.7. The van der Waals surface area contributed by atoms with Gasteiger partial charge in [0.15, 0.2) is 0 Å². The monoisotopic (exact) mass is 290 g/mol. The molecule has 0 atom stereocenters. The van der Waals surface area contributed by atoms with Gasteiger partial charge in [-0.1, -0.05) is 0 Å². The van der Waals surface area contributed by atoms with Crippen molar-refractivity contribution in [2.45, 2.75) is 6.92 Å². The molecule has 4 N–H and O–H groups in total. The zero-order valence-electron chi connectivity index (χ0n) is 3.68. The average molecular weight is 290 g/mol. The molecule has 0 unspecified atom stereocenters. The third-order valence-corrected chi connectivity index (χ3v) is 0. The summed E-state index contributed by atoms with van der Waals surface area (Å²) in [6, 6.07) is 0. The molecule has 0 spiro atoms. The van der Waals surface area contributed by atoms with Gasteiger partial charge in [0.1, 0.15) is 0 Å². The molecule has 0 aromatic carbocycles. The Morgan fingerprint density at radius 3 is 1.57 bits per heavy atom. The minimum Gasteiger partial charge on any atom is -0.481 e. The molecule has 0 aliphatic heterocycles. The minimum absolute atomic E-state index is 0. The number of nitrogens with two attached hydrogens (primary N) is 1. The van der Waals surface area contributed by atoms with E-state index < -0.39 is 5.97 Å². The summed E-state index contributed by atoms with van der Waals surface area (Å²) in [5.41, 5.74) is 0. The van der Waals surface area contributed by atoms with Crippen LogP contribution in [0.5, 0.6) is 0 Å².